The van der Waals surface area contributed by atoms with Gasteiger partial charge in [-0.25, -0.2) is 4.39 Å². The zero-order valence-electron chi connectivity index (χ0n) is 15.5. The quantitative estimate of drug-likeness (QED) is 0.687. The fourth-order valence-corrected chi connectivity index (χ4v) is 4.41. The van der Waals surface area contributed by atoms with Crippen LogP contribution in [0.15, 0.2) is 53.1 Å². The van der Waals surface area contributed by atoms with Gasteiger partial charge in [0.05, 0.1) is 25.5 Å². The zero-order valence-corrected chi connectivity index (χ0v) is 16.3. The number of ether oxygens (including phenoxy) is 1. The fourth-order valence-electron chi connectivity index (χ4n) is 3.47. The molecule has 3 heterocycles. The summed E-state index contributed by atoms with van der Waals surface area (Å²) in [6, 6.07) is 11.9. The Morgan fingerprint density at radius 1 is 1.21 bits per heavy atom. The topological polar surface area (TPSA) is 54.7 Å². The number of carbonyl (C=O) groups excluding carboxylic acids is 1. The highest BCUT2D eigenvalue weighted by atomic mass is 32.1. The zero-order chi connectivity index (χ0) is 19.5. The molecular weight excluding hydrogens is 379 g/mol. The van der Waals surface area contributed by atoms with Crippen molar-refractivity contribution < 1.29 is 18.3 Å². The molecule has 0 radical (unpaired) electrons. The molecule has 0 aliphatic carbocycles. The van der Waals surface area contributed by atoms with Crippen LogP contribution in [0, 0.1) is 12.7 Å². The van der Waals surface area contributed by atoms with E-state index in [1.54, 1.807) is 24.3 Å². The van der Waals surface area contributed by atoms with Crippen molar-refractivity contribution in [3.63, 3.8) is 0 Å². The molecule has 1 aromatic carbocycles. The minimum Gasteiger partial charge on any atom is -0.459 e. The average Bonchev–Trinajstić information content (AvgIpc) is 3.35. The Balaban J connectivity index is 1.71. The summed E-state index contributed by atoms with van der Waals surface area (Å²) >= 11 is 1.52. The van der Waals surface area contributed by atoms with Crippen LogP contribution < -0.4 is 5.32 Å². The lowest BCUT2D eigenvalue weighted by Gasteiger charge is -2.35. The Morgan fingerprint density at radius 2 is 1.96 bits per heavy atom. The van der Waals surface area contributed by atoms with Crippen LogP contribution in [-0.2, 0) is 4.74 Å². The van der Waals surface area contributed by atoms with Gasteiger partial charge in [0.25, 0.3) is 5.91 Å². The molecule has 0 bridgehead atoms. The first-order chi connectivity index (χ1) is 13.6. The van der Waals surface area contributed by atoms with Crippen molar-refractivity contribution in [2.75, 3.05) is 31.6 Å². The fraction of sp³-hybridized carbons (Fsp3) is 0.286. The third-order valence-corrected chi connectivity index (χ3v) is 5.73. The molecule has 1 atom stereocenters. The van der Waals surface area contributed by atoms with Crippen LogP contribution in [0.25, 0.3) is 0 Å². The van der Waals surface area contributed by atoms with E-state index in [1.165, 1.54) is 29.7 Å². The Bertz CT molecular complexity index is 931. The van der Waals surface area contributed by atoms with Crippen molar-refractivity contribution in [2.45, 2.75) is 13.0 Å². The third-order valence-electron chi connectivity index (χ3n) is 4.75. The maximum atomic E-state index is 13.5. The Morgan fingerprint density at radius 3 is 2.64 bits per heavy atom. The van der Waals surface area contributed by atoms with Gasteiger partial charge >= 0.3 is 0 Å². The molecule has 1 saturated heterocycles. The van der Waals surface area contributed by atoms with E-state index in [4.69, 9.17) is 9.15 Å². The smallest absolute Gasteiger partial charge is 0.291 e. The van der Waals surface area contributed by atoms with E-state index in [9.17, 15) is 9.18 Å². The van der Waals surface area contributed by atoms with Gasteiger partial charge in [0, 0.05) is 23.5 Å². The minimum atomic E-state index is -0.284. The molecule has 1 N–H and O–H groups in total. The van der Waals surface area contributed by atoms with E-state index >= 15 is 0 Å². The van der Waals surface area contributed by atoms with Crippen molar-refractivity contribution in [3.8, 4) is 0 Å². The number of thiophene rings is 1. The number of nitrogens with zero attached hydrogens (tertiary/aromatic N) is 1. The second-order valence-corrected chi connectivity index (χ2v) is 7.93. The number of halogens is 1. The molecule has 1 aliphatic heterocycles. The summed E-state index contributed by atoms with van der Waals surface area (Å²) in [5, 5.41) is 3.77. The molecular formula is C21H21FN2O3S. The summed E-state index contributed by atoms with van der Waals surface area (Å²) in [5.41, 5.74) is 1.98. The maximum Gasteiger partial charge on any atom is 0.291 e. The normalized spacial score (nSPS) is 16.1. The van der Waals surface area contributed by atoms with E-state index in [1.807, 2.05) is 6.92 Å². The van der Waals surface area contributed by atoms with E-state index < -0.39 is 0 Å². The molecule has 1 aliphatic rings. The first kappa shape index (κ1) is 18.9. The Labute approximate surface area is 166 Å². The Hall–Kier alpha value is -2.48. The molecule has 1 amide bonds. The summed E-state index contributed by atoms with van der Waals surface area (Å²) < 4.78 is 24.2. The van der Waals surface area contributed by atoms with Gasteiger partial charge in [0.2, 0.25) is 0 Å². The Kier molecular flexibility index (Phi) is 5.57. The van der Waals surface area contributed by atoms with Crippen molar-refractivity contribution in [3.05, 3.63) is 76.3 Å². The number of hydrogen-bond acceptors (Lipinski definition) is 5. The summed E-state index contributed by atoms with van der Waals surface area (Å²) in [6.07, 6.45) is 1.48. The van der Waals surface area contributed by atoms with E-state index in [2.05, 4.69) is 16.3 Å². The van der Waals surface area contributed by atoms with Gasteiger partial charge in [-0.3, -0.25) is 9.69 Å². The first-order valence-corrected chi connectivity index (χ1v) is 9.96. The van der Waals surface area contributed by atoms with Crippen molar-refractivity contribution in [1.29, 1.82) is 0 Å². The number of benzene rings is 1. The molecule has 3 aromatic rings. The molecule has 28 heavy (non-hydrogen) atoms. The molecule has 0 unspecified atom stereocenters. The SMILES string of the molecule is Cc1cc([C@H](c2ccc(F)cc2)N2CCOCC2)c(NC(=O)c2ccco2)s1. The van der Waals surface area contributed by atoms with E-state index in [-0.39, 0.29) is 23.5 Å². The molecule has 4 rings (SSSR count). The third kappa shape index (κ3) is 4.01. The van der Waals surface area contributed by atoms with Gasteiger partial charge < -0.3 is 14.5 Å². The second-order valence-electron chi connectivity index (χ2n) is 6.68. The lowest BCUT2D eigenvalue weighted by molar-refractivity contribution is 0.0241. The van der Waals surface area contributed by atoms with E-state index in [0.717, 1.165) is 34.1 Å². The van der Waals surface area contributed by atoms with E-state index in [0.29, 0.717) is 13.2 Å². The molecule has 0 saturated carbocycles. The number of amides is 1. The van der Waals surface area contributed by atoms with Crippen LogP contribution in [0.1, 0.15) is 32.6 Å². The van der Waals surface area contributed by atoms with Crippen LogP contribution in [0.5, 0.6) is 0 Å². The first-order valence-electron chi connectivity index (χ1n) is 9.14. The number of hydrogen-bond donors (Lipinski definition) is 1. The molecule has 0 spiro atoms. The van der Waals surface area contributed by atoms with Crippen molar-refractivity contribution in [1.82, 2.24) is 4.90 Å². The number of nitrogens with one attached hydrogen (secondary N) is 1. The van der Waals surface area contributed by atoms with Gasteiger partial charge in [-0.2, -0.15) is 0 Å². The van der Waals surface area contributed by atoms with Gasteiger partial charge in [-0.1, -0.05) is 12.1 Å². The van der Waals surface area contributed by atoms with Gasteiger partial charge in [-0.05, 0) is 42.8 Å². The second kappa shape index (κ2) is 8.26. The summed E-state index contributed by atoms with van der Waals surface area (Å²) in [4.78, 5) is 15.9. The number of furan rings is 1. The predicted octanol–water partition coefficient (Wildman–Crippen LogP) is 4.46. The molecule has 5 nitrogen and oxygen atoms in total. The highest BCUT2D eigenvalue weighted by molar-refractivity contribution is 7.16. The monoisotopic (exact) mass is 400 g/mol. The average molecular weight is 400 g/mol. The van der Waals surface area contributed by atoms with Crippen LogP contribution in [0.4, 0.5) is 9.39 Å². The number of carbonyl (C=O) groups is 1. The maximum absolute atomic E-state index is 13.5. The highest BCUT2D eigenvalue weighted by Crippen LogP contribution is 2.39. The standard InChI is InChI=1S/C21H21FN2O3S/c1-14-13-17(21(28-14)23-20(25)18-3-2-10-27-18)19(24-8-11-26-12-9-24)15-4-6-16(22)7-5-15/h2-7,10,13,19H,8-9,11-12H2,1H3,(H,23,25)/t19-/m0/s1. The summed E-state index contributed by atoms with van der Waals surface area (Å²) in [7, 11) is 0. The number of anilines is 1. The van der Waals surface area contributed by atoms with Crippen LogP contribution >= 0.6 is 11.3 Å². The van der Waals surface area contributed by atoms with Gasteiger partial charge in [0.1, 0.15) is 10.8 Å². The van der Waals surface area contributed by atoms with Crippen LogP contribution in [0.3, 0.4) is 0 Å². The van der Waals surface area contributed by atoms with Crippen LogP contribution in [0.2, 0.25) is 0 Å². The number of rotatable bonds is 5. The molecule has 2 aromatic heterocycles. The highest BCUT2D eigenvalue weighted by Gasteiger charge is 2.28. The van der Waals surface area contributed by atoms with Crippen molar-refractivity contribution in [2.24, 2.45) is 0 Å². The van der Waals surface area contributed by atoms with Gasteiger partial charge in [-0.15, -0.1) is 11.3 Å². The molecule has 1 fully saturated rings. The lowest BCUT2D eigenvalue weighted by Crippen LogP contribution is -2.39. The summed E-state index contributed by atoms with van der Waals surface area (Å²) in [6.45, 7) is 4.84. The molecule has 7 heteroatoms. The lowest BCUT2D eigenvalue weighted by atomic mass is 9.97. The minimum absolute atomic E-state index is 0.0960. The summed E-state index contributed by atoms with van der Waals surface area (Å²) in [5.74, 6) is -0.285. The van der Waals surface area contributed by atoms with Crippen molar-refractivity contribution >= 4 is 22.2 Å². The largest absolute Gasteiger partial charge is 0.459 e. The number of aryl methyl sites for hydroxylation is 1. The number of morpholine rings is 1. The van der Waals surface area contributed by atoms with Crippen LogP contribution in [-0.4, -0.2) is 37.1 Å². The molecule has 146 valence electrons. The predicted molar refractivity (Wildman–Crippen MR) is 106 cm³/mol. The van der Waals surface area contributed by atoms with Gasteiger partial charge in [0.15, 0.2) is 5.76 Å².